The van der Waals surface area contributed by atoms with Gasteiger partial charge in [-0.2, -0.15) is 0 Å². The molecule has 1 atom stereocenters. The van der Waals surface area contributed by atoms with Crippen molar-refractivity contribution in [2.24, 2.45) is 5.18 Å². The second kappa shape index (κ2) is 5.65. The number of hydrogen-bond acceptors (Lipinski definition) is 4. The van der Waals surface area contributed by atoms with Crippen molar-refractivity contribution in [2.75, 3.05) is 14.2 Å². The largest absolute Gasteiger partial charge is 0.274 e. The topological polar surface area (TPSA) is 59.0 Å². The van der Waals surface area contributed by atoms with Crippen molar-refractivity contribution in [3.8, 4) is 0 Å². The molecule has 0 heterocycles. The van der Waals surface area contributed by atoms with Crippen LogP contribution in [0.5, 0.6) is 0 Å². The number of carbonyl (C=O) groups is 1. The zero-order valence-corrected chi connectivity index (χ0v) is 7.61. The standard InChI is InChI=1S/C7H14N2O3/c1-4-5-6(8-11)7(10)9(2)12-3/h6H,4-5H2,1-3H3/t6-/m1/s1. The van der Waals surface area contributed by atoms with Gasteiger partial charge < -0.3 is 0 Å². The molecule has 0 aliphatic carbocycles. The Bertz CT molecular complexity index is 161. The maximum Gasteiger partial charge on any atom is 0.274 e. The van der Waals surface area contributed by atoms with Crippen LogP contribution in [0.15, 0.2) is 5.18 Å². The number of amides is 1. The van der Waals surface area contributed by atoms with E-state index >= 15 is 0 Å². The summed E-state index contributed by atoms with van der Waals surface area (Å²) in [5.41, 5.74) is 0. The fourth-order valence-corrected chi connectivity index (χ4v) is 0.795. The fourth-order valence-electron chi connectivity index (χ4n) is 0.795. The molecule has 0 fully saturated rings. The molecule has 5 heteroatoms. The van der Waals surface area contributed by atoms with Crippen LogP contribution in [-0.4, -0.2) is 31.2 Å². The first kappa shape index (κ1) is 11.0. The third-order valence-corrected chi connectivity index (χ3v) is 1.56. The number of carbonyl (C=O) groups excluding carboxylic acids is 1. The lowest BCUT2D eigenvalue weighted by Crippen LogP contribution is -2.34. The van der Waals surface area contributed by atoms with Crippen molar-refractivity contribution >= 4 is 5.91 Å². The highest BCUT2D eigenvalue weighted by molar-refractivity contribution is 5.80. The minimum Gasteiger partial charge on any atom is -0.274 e. The number of rotatable bonds is 5. The van der Waals surface area contributed by atoms with E-state index in [9.17, 15) is 9.70 Å². The van der Waals surface area contributed by atoms with E-state index in [4.69, 9.17) is 0 Å². The number of nitrogens with zero attached hydrogens (tertiary/aromatic N) is 2. The van der Waals surface area contributed by atoms with Crippen molar-refractivity contribution in [3.63, 3.8) is 0 Å². The average Bonchev–Trinajstić information content (AvgIpc) is 2.11. The van der Waals surface area contributed by atoms with E-state index in [0.29, 0.717) is 6.42 Å². The number of likely N-dealkylation sites (N-methyl/N-ethyl adjacent to an activating group) is 1. The summed E-state index contributed by atoms with van der Waals surface area (Å²) in [5, 5.41) is 3.74. The van der Waals surface area contributed by atoms with Gasteiger partial charge in [0, 0.05) is 7.05 Å². The summed E-state index contributed by atoms with van der Waals surface area (Å²) in [5.74, 6) is -0.394. The lowest BCUT2D eigenvalue weighted by molar-refractivity contribution is -0.170. The molecule has 0 aliphatic rings. The van der Waals surface area contributed by atoms with Crippen molar-refractivity contribution in [1.82, 2.24) is 5.06 Å². The van der Waals surface area contributed by atoms with Gasteiger partial charge in [0.25, 0.3) is 5.91 Å². The van der Waals surface area contributed by atoms with Crippen LogP contribution in [0.4, 0.5) is 0 Å². The molecule has 0 aliphatic heterocycles. The lowest BCUT2D eigenvalue weighted by atomic mass is 10.2. The minimum absolute atomic E-state index is 0.394. The lowest BCUT2D eigenvalue weighted by Gasteiger charge is -2.16. The highest BCUT2D eigenvalue weighted by atomic mass is 16.7. The maximum absolute atomic E-state index is 11.2. The van der Waals surface area contributed by atoms with Crippen LogP contribution in [0.25, 0.3) is 0 Å². The summed E-state index contributed by atoms with van der Waals surface area (Å²) in [6.45, 7) is 1.89. The molecular formula is C7H14N2O3. The Labute approximate surface area is 71.6 Å². The van der Waals surface area contributed by atoms with Gasteiger partial charge >= 0.3 is 0 Å². The Hall–Kier alpha value is -0.970. The predicted octanol–water partition coefficient (Wildman–Crippen LogP) is 0.941. The molecule has 70 valence electrons. The Balaban J connectivity index is 4.10. The Kier molecular flexibility index (Phi) is 5.19. The van der Waals surface area contributed by atoms with Crippen LogP contribution < -0.4 is 0 Å². The van der Waals surface area contributed by atoms with Gasteiger partial charge in [-0.05, 0) is 6.42 Å². The van der Waals surface area contributed by atoms with Gasteiger partial charge in [0.15, 0.2) is 6.04 Å². The second-order valence-electron chi connectivity index (χ2n) is 2.43. The minimum atomic E-state index is -0.806. The van der Waals surface area contributed by atoms with Gasteiger partial charge in [-0.15, -0.1) is 4.91 Å². The first-order valence-electron chi connectivity index (χ1n) is 3.81. The molecule has 0 N–H and O–H groups in total. The predicted molar refractivity (Wildman–Crippen MR) is 44.3 cm³/mol. The van der Waals surface area contributed by atoms with Gasteiger partial charge in [-0.25, -0.2) is 5.06 Å². The van der Waals surface area contributed by atoms with E-state index in [-0.39, 0.29) is 0 Å². The third-order valence-electron chi connectivity index (χ3n) is 1.56. The molecule has 0 saturated heterocycles. The van der Waals surface area contributed by atoms with E-state index in [1.165, 1.54) is 14.2 Å². The monoisotopic (exact) mass is 174 g/mol. The van der Waals surface area contributed by atoms with Gasteiger partial charge in [0.1, 0.15) is 0 Å². The van der Waals surface area contributed by atoms with Crippen LogP contribution >= 0.6 is 0 Å². The molecule has 0 rings (SSSR count). The van der Waals surface area contributed by atoms with Gasteiger partial charge in [-0.1, -0.05) is 18.5 Å². The van der Waals surface area contributed by atoms with E-state index in [1.54, 1.807) is 0 Å². The first-order valence-corrected chi connectivity index (χ1v) is 3.81. The molecule has 0 aromatic carbocycles. The van der Waals surface area contributed by atoms with Crippen molar-refractivity contribution in [2.45, 2.75) is 25.8 Å². The van der Waals surface area contributed by atoms with Crippen LogP contribution in [0, 0.1) is 4.91 Å². The summed E-state index contributed by atoms with van der Waals surface area (Å²) in [6.07, 6.45) is 1.22. The number of hydroxylamine groups is 2. The highest BCUT2D eigenvalue weighted by Gasteiger charge is 2.21. The second-order valence-corrected chi connectivity index (χ2v) is 2.43. The molecule has 5 nitrogen and oxygen atoms in total. The number of hydrogen-bond donors (Lipinski definition) is 0. The summed E-state index contributed by atoms with van der Waals surface area (Å²) in [6, 6.07) is -0.806. The first-order chi connectivity index (χ1) is 5.67. The zero-order chi connectivity index (χ0) is 9.56. The molecule has 0 bridgehead atoms. The molecule has 0 aromatic heterocycles. The SMILES string of the molecule is CCC[C@@H](N=O)C(=O)N(C)OC. The summed E-state index contributed by atoms with van der Waals surface area (Å²) in [7, 11) is 2.82. The molecular weight excluding hydrogens is 160 g/mol. The Morgan fingerprint density at radius 1 is 1.67 bits per heavy atom. The molecule has 0 unspecified atom stereocenters. The molecule has 0 saturated carbocycles. The molecule has 0 spiro atoms. The molecule has 0 radical (unpaired) electrons. The maximum atomic E-state index is 11.2. The van der Waals surface area contributed by atoms with E-state index < -0.39 is 11.9 Å². The smallest absolute Gasteiger partial charge is 0.274 e. The zero-order valence-electron chi connectivity index (χ0n) is 7.61. The Morgan fingerprint density at radius 2 is 2.25 bits per heavy atom. The van der Waals surface area contributed by atoms with Gasteiger partial charge in [0.05, 0.1) is 7.11 Å². The van der Waals surface area contributed by atoms with Crippen molar-refractivity contribution in [1.29, 1.82) is 0 Å². The number of nitroso groups, excluding NO2 is 1. The van der Waals surface area contributed by atoms with Crippen LogP contribution in [0.1, 0.15) is 19.8 Å². The molecule has 1 amide bonds. The average molecular weight is 174 g/mol. The Morgan fingerprint density at radius 3 is 2.58 bits per heavy atom. The van der Waals surface area contributed by atoms with E-state index in [2.05, 4.69) is 10.0 Å². The summed E-state index contributed by atoms with van der Waals surface area (Å²) < 4.78 is 0. The van der Waals surface area contributed by atoms with E-state index in [0.717, 1.165) is 11.5 Å². The van der Waals surface area contributed by atoms with Crippen molar-refractivity contribution in [3.05, 3.63) is 4.91 Å². The van der Waals surface area contributed by atoms with Crippen LogP contribution in [0.2, 0.25) is 0 Å². The normalized spacial score (nSPS) is 12.2. The third kappa shape index (κ3) is 2.96. The summed E-state index contributed by atoms with van der Waals surface area (Å²) >= 11 is 0. The molecule has 0 aromatic rings. The van der Waals surface area contributed by atoms with E-state index in [1.807, 2.05) is 6.92 Å². The van der Waals surface area contributed by atoms with Crippen LogP contribution in [-0.2, 0) is 9.63 Å². The summed E-state index contributed by atoms with van der Waals surface area (Å²) in [4.78, 5) is 26.0. The van der Waals surface area contributed by atoms with Crippen LogP contribution in [0.3, 0.4) is 0 Å². The fraction of sp³-hybridized carbons (Fsp3) is 0.857. The highest BCUT2D eigenvalue weighted by Crippen LogP contribution is 2.04. The van der Waals surface area contributed by atoms with Crippen molar-refractivity contribution < 1.29 is 9.63 Å². The molecule has 12 heavy (non-hydrogen) atoms. The van der Waals surface area contributed by atoms with Gasteiger partial charge in [0.2, 0.25) is 0 Å². The van der Waals surface area contributed by atoms with Gasteiger partial charge in [-0.3, -0.25) is 9.63 Å². The quantitative estimate of drug-likeness (QED) is 0.460.